The standard InChI is InChI=1S/C13H17F/c1-11-4-6-12(7-5-11)13(10-14)8-2-3-9-13/h4-7H,2-3,8-10H2,1H3. The van der Waals surface area contributed by atoms with E-state index in [2.05, 4.69) is 31.2 Å². The van der Waals surface area contributed by atoms with E-state index in [9.17, 15) is 4.39 Å². The molecule has 76 valence electrons. The molecule has 1 saturated carbocycles. The number of rotatable bonds is 2. The van der Waals surface area contributed by atoms with Crippen LogP contribution in [0.4, 0.5) is 4.39 Å². The lowest BCUT2D eigenvalue weighted by molar-refractivity contribution is 0.309. The van der Waals surface area contributed by atoms with Gasteiger partial charge in [-0.15, -0.1) is 0 Å². The number of hydrogen-bond acceptors (Lipinski definition) is 0. The molecule has 1 aliphatic carbocycles. The Morgan fingerprint density at radius 1 is 1.14 bits per heavy atom. The van der Waals surface area contributed by atoms with E-state index in [0.717, 1.165) is 12.8 Å². The van der Waals surface area contributed by atoms with E-state index in [1.54, 1.807) is 0 Å². The molecule has 0 bridgehead atoms. The van der Waals surface area contributed by atoms with Crippen molar-refractivity contribution in [2.24, 2.45) is 0 Å². The van der Waals surface area contributed by atoms with E-state index in [1.165, 1.54) is 24.0 Å². The molecule has 0 heterocycles. The predicted octanol–water partition coefficient (Wildman–Crippen LogP) is 3.78. The fourth-order valence-electron chi connectivity index (χ4n) is 2.46. The minimum Gasteiger partial charge on any atom is -0.250 e. The van der Waals surface area contributed by atoms with Gasteiger partial charge in [0.1, 0.15) is 0 Å². The number of hydrogen-bond donors (Lipinski definition) is 0. The van der Waals surface area contributed by atoms with Gasteiger partial charge in [-0.1, -0.05) is 42.7 Å². The zero-order chi connectivity index (χ0) is 10.0. The Bertz CT molecular complexity index is 294. The molecule has 0 spiro atoms. The fraction of sp³-hybridized carbons (Fsp3) is 0.538. The highest BCUT2D eigenvalue weighted by Crippen LogP contribution is 2.41. The maximum Gasteiger partial charge on any atom is 0.0990 e. The smallest absolute Gasteiger partial charge is 0.0990 e. The third kappa shape index (κ3) is 1.56. The van der Waals surface area contributed by atoms with Crippen LogP contribution >= 0.6 is 0 Å². The maximum atomic E-state index is 13.1. The molecule has 2 rings (SSSR count). The lowest BCUT2D eigenvalue weighted by Crippen LogP contribution is -2.24. The Hall–Kier alpha value is -0.850. The topological polar surface area (TPSA) is 0 Å². The molecule has 1 aromatic carbocycles. The molecule has 0 unspecified atom stereocenters. The number of aryl methyl sites for hydroxylation is 1. The lowest BCUT2D eigenvalue weighted by Gasteiger charge is -2.25. The summed E-state index contributed by atoms with van der Waals surface area (Å²) in [5, 5.41) is 0. The Morgan fingerprint density at radius 3 is 2.21 bits per heavy atom. The highest BCUT2D eigenvalue weighted by Gasteiger charge is 2.35. The van der Waals surface area contributed by atoms with E-state index in [4.69, 9.17) is 0 Å². The normalized spacial score (nSPS) is 19.9. The van der Waals surface area contributed by atoms with Crippen molar-refractivity contribution in [1.29, 1.82) is 0 Å². The zero-order valence-corrected chi connectivity index (χ0v) is 8.72. The Balaban J connectivity index is 2.31. The predicted molar refractivity (Wildman–Crippen MR) is 57.3 cm³/mol. The second kappa shape index (κ2) is 3.72. The zero-order valence-electron chi connectivity index (χ0n) is 8.72. The van der Waals surface area contributed by atoms with Gasteiger partial charge in [0.25, 0.3) is 0 Å². The van der Waals surface area contributed by atoms with Crippen LogP contribution in [0.15, 0.2) is 24.3 Å². The van der Waals surface area contributed by atoms with Crippen LogP contribution in [-0.2, 0) is 5.41 Å². The van der Waals surface area contributed by atoms with E-state index in [-0.39, 0.29) is 12.1 Å². The van der Waals surface area contributed by atoms with Gasteiger partial charge >= 0.3 is 0 Å². The summed E-state index contributed by atoms with van der Waals surface area (Å²) in [6.07, 6.45) is 4.40. The molecule has 0 aromatic heterocycles. The van der Waals surface area contributed by atoms with Crippen molar-refractivity contribution in [3.05, 3.63) is 35.4 Å². The van der Waals surface area contributed by atoms with Crippen LogP contribution in [0.25, 0.3) is 0 Å². The summed E-state index contributed by atoms with van der Waals surface area (Å²) in [5.74, 6) is 0. The van der Waals surface area contributed by atoms with Crippen molar-refractivity contribution >= 4 is 0 Å². The molecule has 0 nitrogen and oxygen atoms in total. The molecule has 0 radical (unpaired) electrons. The third-order valence-electron chi connectivity index (χ3n) is 3.48. The van der Waals surface area contributed by atoms with E-state index in [1.807, 2.05) is 0 Å². The highest BCUT2D eigenvalue weighted by atomic mass is 19.1. The van der Waals surface area contributed by atoms with Crippen molar-refractivity contribution in [2.45, 2.75) is 38.0 Å². The molecular formula is C13H17F. The van der Waals surface area contributed by atoms with E-state index >= 15 is 0 Å². The SMILES string of the molecule is Cc1ccc(C2(CF)CCCC2)cc1. The van der Waals surface area contributed by atoms with Crippen LogP contribution in [0.2, 0.25) is 0 Å². The first-order valence-electron chi connectivity index (χ1n) is 5.40. The molecular weight excluding hydrogens is 175 g/mol. The van der Waals surface area contributed by atoms with Gasteiger partial charge in [0, 0.05) is 5.41 Å². The van der Waals surface area contributed by atoms with Gasteiger partial charge in [-0.3, -0.25) is 4.39 Å². The van der Waals surface area contributed by atoms with E-state index in [0.29, 0.717) is 0 Å². The Labute approximate surface area is 85.1 Å². The fourth-order valence-corrected chi connectivity index (χ4v) is 2.46. The van der Waals surface area contributed by atoms with E-state index < -0.39 is 0 Å². The molecule has 0 aliphatic heterocycles. The van der Waals surface area contributed by atoms with Crippen molar-refractivity contribution in [3.63, 3.8) is 0 Å². The molecule has 1 fully saturated rings. The maximum absolute atomic E-state index is 13.1. The van der Waals surface area contributed by atoms with Crippen LogP contribution in [0.1, 0.15) is 36.8 Å². The van der Waals surface area contributed by atoms with Gasteiger partial charge in [0.05, 0.1) is 6.67 Å². The summed E-state index contributed by atoms with van der Waals surface area (Å²) in [6, 6.07) is 8.37. The van der Waals surface area contributed by atoms with Gasteiger partial charge in [-0.05, 0) is 25.3 Å². The van der Waals surface area contributed by atoms with Crippen LogP contribution in [-0.4, -0.2) is 6.67 Å². The molecule has 1 aromatic rings. The minimum atomic E-state index is -0.198. The van der Waals surface area contributed by atoms with Crippen LogP contribution in [0.5, 0.6) is 0 Å². The average molecular weight is 192 g/mol. The lowest BCUT2D eigenvalue weighted by atomic mass is 9.80. The number of benzene rings is 1. The van der Waals surface area contributed by atoms with Crippen LogP contribution in [0, 0.1) is 6.92 Å². The van der Waals surface area contributed by atoms with Gasteiger partial charge < -0.3 is 0 Å². The first-order valence-corrected chi connectivity index (χ1v) is 5.40. The summed E-state index contributed by atoms with van der Waals surface area (Å²) >= 11 is 0. The highest BCUT2D eigenvalue weighted by molar-refractivity contribution is 5.29. The van der Waals surface area contributed by atoms with Gasteiger partial charge in [-0.25, -0.2) is 0 Å². The molecule has 0 N–H and O–H groups in total. The summed E-state index contributed by atoms with van der Waals surface area (Å²) in [7, 11) is 0. The van der Waals surface area contributed by atoms with Gasteiger partial charge in [0.15, 0.2) is 0 Å². The van der Waals surface area contributed by atoms with Crippen molar-refractivity contribution in [2.75, 3.05) is 6.67 Å². The number of halogens is 1. The van der Waals surface area contributed by atoms with Gasteiger partial charge in [0.2, 0.25) is 0 Å². The first kappa shape index (κ1) is 9.70. The van der Waals surface area contributed by atoms with Crippen molar-refractivity contribution in [3.8, 4) is 0 Å². The Morgan fingerprint density at radius 2 is 1.71 bits per heavy atom. The van der Waals surface area contributed by atoms with Crippen molar-refractivity contribution in [1.82, 2.24) is 0 Å². The molecule has 0 saturated heterocycles. The van der Waals surface area contributed by atoms with Crippen molar-refractivity contribution < 1.29 is 4.39 Å². The molecule has 1 aliphatic rings. The monoisotopic (exact) mass is 192 g/mol. The summed E-state index contributed by atoms with van der Waals surface area (Å²) in [6.45, 7) is 1.87. The molecule has 1 heteroatoms. The Kier molecular flexibility index (Phi) is 2.58. The minimum absolute atomic E-state index is 0.145. The first-order chi connectivity index (χ1) is 6.77. The average Bonchev–Trinajstić information content (AvgIpc) is 2.68. The molecule has 0 atom stereocenters. The second-order valence-electron chi connectivity index (χ2n) is 4.49. The number of alkyl halides is 1. The largest absolute Gasteiger partial charge is 0.250 e. The van der Waals surface area contributed by atoms with Gasteiger partial charge in [-0.2, -0.15) is 0 Å². The molecule has 0 amide bonds. The second-order valence-corrected chi connectivity index (χ2v) is 4.49. The summed E-state index contributed by atoms with van der Waals surface area (Å²) in [5.41, 5.74) is 2.30. The summed E-state index contributed by atoms with van der Waals surface area (Å²) in [4.78, 5) is 0. The quantitative estimate of drug-likeness (QED) is 0.669. The third-order valence-corrected chi connectivity index (χ3v) is 3.48. The van der Waals surface area contributed by atoms with Crippen LogP contribution < -0.4 is 0 Å². The summed E-state index contributed by atoms with van der Waals surface area (Å²) < 4.78 is 13.1. The molecule has 14 heavy (non-hydrogen) atoms. The van der Waals surface area contributed by atoms with Crippen LogP contribution in [0.3, 0.4) is 0 Å².